The zero-order valence-electron chi connectivity index (χ0n) is 15.5. The second kappa shape index (κ2) is 5.66. The molecule has 132 valence electrons. The van der Waals surface area contributed by atoms with Gasteiger partial charge in [-0.15, -0.1) is 0 Å². The SMILES string of the molecule is CC[Si](CC)(CC)O[C@H]1C2=CC=CC2=C(C)C2(CC2)C12OCCO2. The molecule has 2 spiro atoms. The molecule has 0 N–H and O–H groups in total. The molecule has 0 aromatic heterocycles. The highest BCUT2D eigenvalue weighted by Gasteiger charge is 2.71. The minimum absolute atomic E-state index is 0.0326. The van der Waals surface area contributed by atoms with Gasteiger partial charge in [-0.25, -0.2) is 0 Å². The Labute approximate surface area is 146 Å². The maximum absolute atomic E-state index is 7.05. The van der Waals surface area contributed by atoms with Crippen molar-refractivity contribution >= 4 is 8.32 Å². The summed E-state index contributed by atoms with van der Waals surface area (Å²) < 4.78 is 19.9. The van der Waals surface area contributed by atoms with Crippen molar-refractivity contribution in [2.24, 2.45) is 5.41 Å². The van der Waals surface area contributed by atoms with Crippen LogP contribution >= 0.6 is 0 Å². The lowest BCUT2D eigenvalue weighted by molar-refractivity contribution is -0.242. The van der Waals surface area contributed by atoms with Gasteiger partial charge in [0.05, 0.1) is 13.2 Å². The van der Waals surface area contributed by atoms with E-state index in [0.29, 0.717) is 13.2 Å². The van der Waals surface area contributed by atoms with Gasteiger partial charge in [-0.3, -0.25) is 0 Å². The van der Waals surface area contributed by atoms with Crippen LogP contribution in [0.2, 0.25) is 18.1 Å². The summed E-state index contributed by atoms with van der Waals surface area (Å²) >= 11 is 0. The van der Waals surface area contributed by atoms with Crippen LogP contribution in [-0.2, 0) is 13.9 Å². The molecule has 1 saturated carbocycles. The molecule has 0 aromatic rings. The summed E-state index contributed by atoms with van der Waals surface area (Å²) in [6, 6.07) is 3.45. The highest BCUT2D eigenvalue weighted by atomic mass is 28.4. The van der Waals surface area contributed by atoms with Crippen molar-refractivity contribution in [2.45, 2.75) is 70.6 Å². The van der Waals surface area contributed by atoms with Gasteiger partial charge in [0.2, 0.25) is 5.79 Å². The van der Waals surface area contributed by atoms with Crippen LogP contribution in [0.3, 0.4) is 0 Å². The van der Waals surface area contributed by atoms with E-state index in [1.54, 1.807) is 0 Å². The topological polar surface area (TPSA) is 27.7 Å². The molecule has 1 heterocycles. The molecule has 1 atom stereocenters. The summed E-state index contributed by atoms with van der Waals surface area (Å²) in [5.74, 6) is -0.587. The molecule has 0 bridgehead atoms. The van der Waals surface area contributed by atoms with E-state index in [1.807, 2.05) is 0 Å². The summed E-state index contributed by atoms with van der Waals surface area (Å²) in [5.41, 5.74) is 4.15. The molecule has 0 aromatic carbocycles. The quantitative estimate of drug-likeness (QED) is 0.674. The Hall–Kier alpha value is -0.683. The lowest BCUT2D eigenvalue weighted by Gasteiger charge is -2.50. The fraction of sp³-hybridized carbons (Fsp3) is 0.700. The summed E-state index contributed by atoms with van der Waals surface area (Å²) in [7, 11) is -1.77. The Balaban J connectivity index is 1.82. The minimum Gasteiger partial charge on any atom is -0.404 e. The third-order valence-electron chi connectivity index (χ3n) is 7.03. The zero-order valence-corrected chi connectivity index (χ0v) is 16.5. The molecule has 0 amide bonds. The van der Waals surface area contributed by atoms with Gasteiger partial charge >= 0.3 is 0 Å². The Kier molecular flexibility index (Phi) is 3.96. The second-order valence-electron chi connectivity index (χ2n) is 7.71. The monoisotopic (exact) mass is 346 g/mol. The molecule has 4 aliphatic rings. The Morgan fingerprint density at radius 1 is 1.12 bits per heavy atom. The maximum atomic E-state index is 7.05. The van der Waals surface area contributed by atoms with Gasteiger partial charge in [-0.2, -0.15) is 0 Å². The Morgan fingerprint density at radius 2 is 1.75 bits per heavy atom. The predicted molar refractivity (Wildman–Crippen MR) is 98.3 cm³/mol. The van der Waals surface area contributed by atoms with Crippen LogP contribution in [0.1, 0.15) is 40.5 Å². The summed E-state index contributed by atoms with van der Waals surface area (Å²) in [6.45, 7) is 10.5. The zero-order chi connectivity index (χ0) is 17.0. The van der Waals surface area contributed by atoms with E-state index in [2.05, 4.69) is 45.9 Å². The molecule has 0 unspecified atom stereocenters. The van der Waals surface area contributed by atoms with Crippen LogP contribution in [0.15, 0.2) is 34.9 Å². The lowest BCUT2D eigenvalue weighted by atomic mass is 9.72. The molecular formula is C20H30O3Si. The van der Waals surface area contributed by atoms with Crippen molar-refractivity contribution in [1.29, 1.82) is 0 Å². The Bertz CT molecular complexity index is 609. The normalized spacial score (nSPS) is 29.5. The number of hydrogen-bond acceptors (Lipinski definition) is 3. The molecule has 1 saturated heterocycles. The van der Waals surface area contributed by atoms with E-state index in [9.17, 15) is 0 Å². The Morgan fingerprint density at radius 3 is 2.29 bits per heavy atom. The van der Waals surface area contributed by atoms with Crippen molar-refractivity contribution in [3.05, 3.63) is 34.9 Å². The average Bonchev–Trinajstić information content (AvgIpc) is 3.05. The van der Waals surface area contributed by atoms with Crippen LogP contribution in [0.5, 0.6) is 0 Å². The fourth-order valence-electron chi connectivity index (χ4n) is 5.07. The number of rotatable bonds is 5. The molecule has 3 nitrogen and oxygen atoms in total. The highest BCUT2D eigenvalue weighted by Crippen LogP contribution is 2.68. The van der Waals surface area contributed by atoms with Crippen molar-refractivity contribution in [3.63, 3.8) is 0 Å². The van der Waals surface area contributed by atoms with Gasteiger partial charge in [-0.05, 0) is 49.0 Å². The van der Waals surface area contributed by atoms with Gasteiger partial charge in [0.1, 0.15) is 6.10 Å². The highest BCUT2D eigenvalue weighted by molar-refractivity contribution is 6.73. The van der Waals surface area contributed by atoms with E-state index in [-0.39, 0.29) is 11.5 Å². The summed E-state index contributed by atoms with van der Waals surface area (Å²) in [6.07, 6.45) is 8.90. The molecule has 1 aliphatic heterocycles. The first-order chi connectivity index (χ1) is 11.6. The van der Waals surface area contributed by atoms with Crippen molar-refractivity contribution < 1.29 is 13.9 Å². The first-order valence-corrected chi connectivity index (χ1v) is 12.2. The summed E-state index contributed by atoms with van der Waals surface area (Å²) in [4.78, 5) is 0. The van der Waals surface area contributed by atoms with Crippen molar-refractivity contribution in [2.75, 3.05) is 13.2 Å². The molecule has 4 heteroatoms. The maximum Gasteiger partial charge on any atom is 0.207 e. The van der Waals surface area contributed by atoms with E-state index >= 15 is 0 Å². The fourth-order valence-corrected chi connectivity index (χ4v) is 7.86. The average molecular weight is 347 g/mol. The van der Waals surface area contributed by atoms with Crippen LogP contribution in [-0.4, -0.2) is 33.4 Å². The van der Waals surface area contributed by atoms with E-state index < -0.39 is 14.1 Å². The number of ether oxygens (including phenoxy) is 2. The van der Waals surface area contributed by atoms with E-state index in [0.717, 1.165) is 31.0 Å². The largest absolute Gasteiger partial charge is 0.404 e. The first kappa shape index (κ1) is 16.8. The predicted octanol–water partition coefficient (Wildman–Crippen LogP) is 4.73. The molecule has 24 heavy (non-hydrogen) atoms. The van der Waals surface area contributed by atoms with Crippen molar-refractivity contribution in [1.82, 2.24) is 0 Å². The van der Waals surface area contributed by atoms with Gasteiger partial charge in [0.15, 0.2) is 8.32 Å². The second-order valence-corrected chi connectivity index (χ2v) is 12.4. The van der Waals surface area contributed by atoms with Gasteiger partial charge in [0.25, 0.3) is 0 Å². The van der Waals surface area contributed by atoms with E-state index in [1.165, 1.54) is 16.7 Å². The van der Waals surface area contributed by atoms with Crippen LogP contribution in [0.4, 0.5) is 0 Å². The van der Waals surface area contributed by atoms with Crippen LogP contribution in [0.25, 0.3) is 0 Å². The summed E-state index contributed by atoms with van der Waals surface area (Å²) in [5, 5.41) is 0. The number of allylic oxidation sites excluding steroid dienone is 3. The minimum atomic E-state index is -1.77. The van der Waals surface area contributed by atoms with Crippen LogP contribution in [0, 0.1) is 5.41 Å². The molecular weight excluding hydrogens is 316 g/mol. The molecule has 3 aliphatic carbocycles. The van der Waals surface area contributed by atoms with Crippen LogP contribution < -0.4 is 0 Å². The van der Waals surface area contributed by atoms with Crippen molar-refractivity contribution in [3.8, 4) is 0 Å². The first-order valence-electron chi connectivity index (χ1n) is 9.64. The molecule has 4 rings (SSSR count). The molecule has 0 radical (unpaired) electrons. The third-order valence-corrected chi connectivity index (χ3v) is 11.6. The smallest absolute Gasteiger partial charge is 0.207 e. The standard InChI is InChI=1S/C20H30O3Si/c1-5-24(6-2,7-3)23-18-17-10-8-9-16(17)15(4)19(11-12-19)20(18)21-13-14-22-20/h8-10,18H,5-7,11-14H2,1-4H3/t18-/m0/s1. The number of hydrogen-bond donors (Lipinski definition) is 0. The third kappa shape index (κ3) is 2.00. The van der Waals surface area contributed by atoms with Gasteiger partial charge in [-0.1, -0.05) is 44.6 Å². The lowest BCUT2D eigenvalue weighted by Crippen LogP contribution is -2.59. The number of fused-ring (bicyclic) bond motifs is 2. The van der Waals surface area contributed by atoms with Gasteiger partial charge < -0.3 is 13.9 Å². The molecule has 2 fully saturated rings. The van der Waals surface area contributed by atoms with Gasteiger partial charge in [0, 0.05) is 5.41 Å². The van der Waals surface area contributed by atoms with E-state index in [4.69, 9.17) is 13.9 Å².